The van der Waals surface area contributed by atoms with Gasteiger partial charge in [-0.25, -0.2) is 9.97 Å². The zero-order valence-electron chi connectivity index (χ0n) is 10.4. The molecular formula is C13H17N3S. The third-order valence-corrected chi connectivity index (χ3v) is 3.28. The van der Waals surface area contributed by atoms with Crippen LogP contribution in [-0.4, -0.2) is 16.5 Å². The minimum Gasteiger partial charge on any atom is -0.370 e. The lowest BCUT2D eigenvalue weighted by Gasteiger charge is -2.11. The van der Waals surface area contributed by atoms with E-state index in [2.05, 4.69) is 46.0 Å². The quantitative estimate of drug-likeness (QED) is 0.896. The van der Waals surface area contributed by atoms with Gasteiger partial charge in [-0.2, -0.15) is 11.3 Å². The van der Waals surface area contributed by atoms with E-state index in [1.165, 1.54) is 5.56 Å². The van der Waals surface area contributed by atoms with Crippen LogP contribution < -0.4 is 5.32 Å². The van der Waals surface area contributed by atoms with Crippen molar-refractivity contribution in [1.29, 1.82) is 0 Å². The number of aryl methyl sites for hydroxylation is 1. The van der Waals surface area contributed by atoms with Gasteiger partial charge in [0.25, 0.3) is 0 Å². The first-order chi connectivity index (χ1) is 8.22. The summed E-state index contributed by atoms with van der Waals surface area (Å²) in [7, 11) is 0. The minimum atomic E-state index is 0.815. The normalized spacial score (nSPS) is 10.5. The Hall–Kier alpha value is -1.42. The fraction of sp³-hybridized carbons (Fsp3) is 0.385. The van der Waals surface area contributed by atoms with Crippen LogP contribution in [0.4, 0.5) is 5.82 Å². The topological polar surface area (TPSA) is 37.8 Å². The van der Waals surface area contributed by atoms with E-state index < -0.39 is 0 Å². The molecule has 17 heavy (non-hydrogen) atoms. The molecule has 0 atom stereocenters. The number of aromatic nitrogens is 2. The van der Waals surface area contributed by atoms with Gasteiger partial charge < -0.3 is 5.32 Å². The van der Waals surface area contributed by atoms with E-state index in [1.54, 1.807) is 11.3 Å². The molecule has 2 heterocycles. The smallest absolute Gasteiger partial charge is 0.133 e. The van der Waals surface area contributed by atoms with Gasteiger partial charge in [-0.3, -0.25) is 0 Å². The number of thiophene rings is 1. The highest BCUT2D eigenvalue weighted by Crippen LogP contribution is 2.27. The second-order valence-corrected chi connectivity index (χ2v) is 4.81. The number of anilines is 1. The first kappa shape index (κ1) is 12.0. The Morgan fingerprint density at radius 2 is 2.12 bits per heavy atom. The average molecular weight is 247 g/mol. The van der Waals surface area contributed by atoms with Crippen LogP contribution in [0, 0.1) is 13.8 Å². The molecule has 0 spiro atoms. The van der Waals surface area contributed by atoms with E-state index >= 15 is 0 Å². The van der Waals surface area contributed by atoms with Crippen LogP contribution in [0.15, 0.2) is 16.8 Å². The first-order valence-electron chi connectivity index (χ1n) is 5.84. The summed E-state index contributed by atoms with van der Waals surface area (Å²) in [6.45, 7) is 7.10. The lowest BCUT2D eigenvalue weighted by atomic mass is 10.1. The van der Waals surface area contributed by atoms with Gasteiger partial charge in [-0.15, -0.1) is 0 Å². The van der Waals surface area contributed by atoms with Gasteiger partial charge >= 0.3 is 0 Å². The van der Waals surface area contributed by atoms with E-state index in [9.17, 15) is 0 Å². The van der Waals surface area contributed by atoms with Crippen LogP contribution >= 0.6 is 11.3 Å². The highest BCUT2D eigenvalue weighted by molar-refractivity contribution is 7.08. The third-order valence-electron chi connectivity index (χ3n) is 2.59. The molecule has 0 aliphatic heterocycles. The Labute approximate surface area is 106 Å². The van der Waals surface area contributed by atoms with Crippen molar-refractivity contribution in [3.05, 3.63) is 28.2 Å². The Balaban J connectivity index is 2.42. The number of nitrogens with one attached hydrogen (secondary N) is 1. The molecule has 2 rings (SSSR count). The highest BCUT2D eigenvalue weighted by Gasteiger charge is 2.10. The fourth-order valence-electron chi connectivity index (χ4n) is 1.72. The molecule has 0 saturated carbocycles. The maximum atomic E-state index is 4.54. The van der Waals surface area contributed by atoms with Crippen molar-refractivity contribution in [1.82, 2.24) is 9.97 Å². The lowest BCUT2D eigenvalue weighted by Crippen LogP contribution is -2.07. The molecule has 0 fully saturated rings. The van der Waals surface area contributed by atoms with Gasteiger partial charge in [0.1, 0.15) is 11.6 Å². The zero-order chi connectivity index (χ0) is 12.3. The van der Waals surface area contributed by atoms with Gasteiger partial charge in [0.2, 0.25) is 0 Å². The molecule has 2 aromatic rings. The van der Waals surface area contributed by atoms with E-state index in [0.29, 0.717) is 0 Å². The second-order valence-electron chi connectivity index (χ2n) is 4.03. The summed E-state index contributed by atoms with van der Waals surface area (Å²) >= 11 is 1.69. The van der Waals surface area contributed by atoms with Crippen LogP contribution in [0.5, 0.6) is 0 Å². The molecule has 3 nitrogen and oxygen atoms in total. The minimum absolute atomic E-state index is 0.815. The second kappa shape index (κ2) is 5.27. The number of hydrogen-bond acceptors (Lipinski definition) is 4. The molecule has 0 unspecified atom stereocenters. The lowest BCUT2D eigenvalue weighted by molar-refractivity contribution is 0.948. The molecule has 90 valence electrons. The average Bonchev–Trinajstić information content (AvgIpc) is 2.83. The van der Waals surface area contributed by atoms with Crippen LogP contribution in [0.2, 0.25) is 0 Å². The maximum absolute atomic E-state index is 4.54. The Kier molecular flexibility index (Phi) is 3.74. The molecule has 0 saturated heterocycles. The Bertz CT molecular complexity index is 492. The monoisotopic (exact) mass is 247 g/mol. The standard InChI is InChI=1S/C13H17N3S/c1-4-6-14-13-9(2)12(15-10(3)16-13)11-5-7-17-8-11/h5,7-8H,4,6H2,1-3H3,(H,14,15,16). The van der Waals surface area contributed by atoms with Gasteiger partial charge in [0, 0.05) is 23.1 Å². The number of hydrogen-bond donors (Lipinski definition) is 1. The molecule has 0 aliphatic carbocycles. The van der Waals surface area contributed by atoms with Gasteiger partial charge in [0.05, 0.1) is 5.69 Å². The van der Waals surface area contributed by atoms with Crippen LogP contribution in [0.1, 0.15) is 24.7 Å². The summed E-state index contributed by atoms with van der Waals surface area (Å²) in [5, 5.41) is 7.56. The highest BCUT2D eigenvalue weighted by atomic mass is 32.1. The van der Waals surface area contributed by atoms with Gasteiger partial charge in [-0.1, -0.05) is 6.92 Å². The molecule has 0 aliphatic rings. The molecule has 1 N–H and O–H groups in total. The molecule has 0 bridgehead atoms. The van der Waals surface area contributed by atoms with Crippen LogP contribution in [-0.2, 0) is 0 Å². The predicted molar refractivity (Wildman–Crippen MR) is 73.6 cm³/mol. The summed E-state index contributed by atoms with van der Waals surface area (Å²) in [5.74, 6) is 1.77. The van der Waals surface area contributed by atoms with Gasteiger partial charge in [0.15, 0.2) is 0 Å². The first-order valence-corrected chi connectivity index (χ1v) is 6.78. The predicted octanol–water partition coefficient (Wildman–Crippen LogP) is 3.64. The number of rotatable bonds is 4. The summed E-state index contributed by atoms with van der Waals surface area (Å²) in [5.41, 5.74) is 3.34. The van der Waals surface area contributed by atoms with Crippen molar-refractivity contribution in [2.75, 3.05) is 11.9 Å². The summed E-state index contributed by atoms with van der Waals surface area (Å²) in [6, 6.07) is 2.10. The molecular weight excluding hydrogens is 230 g/mol. The Morgan fingerprint density at radius 1 is 1.29 bits per heavy atom. The van der Waals surface area contributed by atoms with Crippen molar-refractivity contribution in [2.45, 2.75) is 27.2 Å². The molecule has 0 radical (unpaired) electrons. The van der Waals surface area contributed by atoms with Crippen LogP contribution in [0.25, 0.3) is 11.3 Å². The van der Waals surface area contributed by atoms with E-state index in [4.69, 9.17) is 0 Å². The zero-order valence-corrected chi connectivity index (χ0v) is 11.3. The SMILES string of the molecule is CCCNc1nc(C)nc(-c2ccsc2)c1C. The summed E-state index contributed by atoms with van der Waals surface area (Å²) in [6.07, 6.45) is 1.09. The van der Waals surface area contributed by atoms with Crippen molar-refractivity contribution in [2.24, 2.45) is 0 Å². The third kappa shape index (κ3) is 2.64. The van der Waals surface area contributed by atoms with E-state index in [1.807, 2.05) is 6.92 Å². The summed E-state index contributed by atoms with van der Waals surface area (Å²) < 4.78 is 0. The fourth-order valence-corrected chi connectivity index (χ4v) is 2.36. The molecule has 2 aromatic heterocycles. The van der Waals surface area contributed by atoms with E-state index in [0.717, 1.165) is 35.9 Å². The van der Waals surface area contributed by atoms with E-state index in [-0.39, 0.29) is 0 Å². The van der Waals surface area contributed by atoms with Gasteiger partial charge in [-0.05, 0) is 31.7 Å². The van der Waals surface area contributed by atoms with Crippen LogP contribution in [0.3, 0.4) is 0 Å². The molecule has 4 heteroatoms. The largest absolute Gasteiger partial charge is 0.370 e. The van der Waals surface area contributed by atoms with Crippen molar-refractivity contribution >= 4 is 17.2 Å². The maximum Gasteiger partial charge on any atom is 0.133 e. The Morgan fingerprint density at radius 3 is 2.76 bits per heavy atom. The molecule has 0 amide bonds. The van der Waals surface area contributed by atoms with Crippen molar-refractivity contribution in [3.8, 4) is 11.3 Å². The van der Waals surface area contributed by atoms with Crippen molar-refractivity contribution < 1.29 is 0 Å². The summed E-state index contributed by atoms with van der Waals surface area (Å²) in [4.78, 5) is 9.00. The van der Waals surface area contributed by atoms with Crippen molar-refractivity contribution in [3.63, 3.8) is 0 Å². The molecule has 0 aromatic carbocycles. The number of nitrogens with zero attached hydrogens (tertiary/aromatic N) is 2.